The van der Waals surface area contributed by atoms with Crippen LogP contribution in [-0.4, -0.2) is 11.7 Å². The highest BCUT2D eigenvalue weighted by Gasteiger charge is 2.14. The third kappa shape index (κ3) is 3.08. The van der Waals surface area contributed by atoms with E-state index in [1.165, 1.54) is 49.7 Å². The van der Waals surface area contributed by atoms with Gasteiger partial charge in [-0.2, -0.15) is 0 Å². The fourth-order valence-electron chi connectivity index (χ4n) is 2.74. The first-order valence-electron chi connectivity index (χ1n) is 6.60. The van der Waals surface area contributed by atoms with E-state index in [4.69, 9.17) is 5.11 Å². The fraction of sp³-hybridized carbons (Fsp3) is 0.600. The molecule has 88 valence electrons. The van der Waals surface area contributed by atoms with Crippen molar-refractivity contribution in [1.82, 2.24) is 0 Å². The minimum atomic E-state index is 0.258. The Morgan fingerprint density at radius 3 is 2.50 bits per heavy atom. The lowest BCUT2D eigenvalue weighted by molar-refractivity contribution is 0.299. The lowest BCUT2D eigenvalue weighted by Gasteiger charge is -2.15. The minimum Gasteiger partial charge on any atom is -0.396 e. The molecule has 1 heteroatoms. The molecule has 1 N–H and O–H groups in total. The molecule has 1 fully saturated rings. The molecular weight excluding hydrogens is 196 g/mol. The van der Waals surface area contributed by atoms with Crippen LogP contribution in [0.4, 0.5) is 0 Å². The Hall–Kier alpha value is -0.820. The van der Waals surface area contributed by atoms with Crippen LogP contribution in [0.3, 0.4) is 0 Å². The van der Waals surface area contributed by atoms with Crippen LogP contribution < -0.4 is 0 Å². The molecule has 0 saturated heterocycles. The van der Waals surface area contributed by atoms with E-state index in [2.05, 4.69) is 24.3 Å². The summed E-state index contributed by atoms with van der Waals surface area (Å²) in [4.78, 5) is 0. The Morgan fingerprint density at radius 1 is 1.06 bits per heavy atom. The first-order chi connectivity index (χ1) is 7.90. The molecule has 1 aromatic carbocycles. The molecule has 0 aromatic heterocycles. The van der Waals surface area contributed by atoms with Gasteiger partial charge in [0, 0.05) is 6.61 Å². The lowest BCUT2D eigenvalue weighted by Crippen LogP contribution is -1.99. The molecule has 0 spiro atoms. The molecule has 0 aliphatic heterocycles. The number of aliphatic hydroxyl groups is 1. The summed E-state index contributed by atoms with van der Waals surface area (Å²) in [5.41, 5.74) is 2.78. The largest absolute Gasteiger partial charge is 0.396 e. The zero-order chi connectivity index (χ0) is 11.2. The predicted molar refractivity (Wildman–Crippen MR) is 67.7 cm³/mol. The minimum absolute atomic E-state index is 0.258. The van der Waals surface area contributed by atoms with Crippen molar-refractivity contribution in [1.29, 1.82) is 0 Å². The topological polar surface area (TPSA) is 20.2 Å². The van der Waals surface area contributed by atoms with Crippen LogP contribution in [0.2, 0.25) is 0 Å². The van der Waals surface area contributed by atoms with Crippen LogP contribution in [0.15, 0.2) is 24.3 Å². The van der Waals surface area contributed by atoms with E-state index < -0.39 is 0 Å². The maximum Gasteiger partial charge on any atom is 0.0471 e. The Labute approximate surface area is 98.5 Å². The smallest absolute Gasteiger partial charge is 0.0471 e. The standard InChI is InChI=1S/C15H22O/c16-11-10-13-6-5-9-15(12-13)14-7-3-1-2-4-8-14/h5-6,9,12,14,16H,1-4,7-8,10-11H2. The highest BCUT2D eigenvalue weighted by atomic mass is 16.2. The van der Waals surface area contributed by atoms with Crippen LogP contribution in [-0.2, 0) is 6.42 Å². The molecule has 0 unspecified atom stereocenters. The monoisotopic (exact) mass is 218 g/mol. The average Bonchev–Trinajstić information content (AvgIpc) is 2.58. The van der Waals surface area contributed by atoms with Crippen molar-refractivity contribution >= 4 is 0 Å². The second-order valence-electron chi connectivity index (χ2n) is 4.91. The van der Waals surface area contributed by atoms with Gasteiger partial charge in [-0.3, -0.25) is 0 Å². The molecule has 1 saturated carbocycles. The van der Waals surface area contributed by atoms with Gasteiger partial charge < -0.3 is 5.11 Å². The molecule has 1 aliphatic carbocycles. The number of rotatable bonds is 3. The van der Waals surface area contributed by atoms with Crippen LogP contribution in [0.25, 0.3) is 0 Å². The molecule has 0 amide bonds. The molecule has 0 bridgehead atoms. The highest BCUT2D eigenvalue weighted by Crippen LogP contribution is 2.31. The molecule has 1 nitrogen and oxygen atoms in total. The maximum atomic E-state index is 8.97. The quantitative estimate of drug-likeness (QED) is 0.768. The van der Waals surface area contributed by atoms with Crippen molar-refractivity contribution < 1.29 is 5.11 Å². The molecule has 16 heavy (non-hydrogen) atoms. The molecule has 2 rings (SSSR count). The maximum absolute atomic E-state index is 8.97. The number of hydrogen-bond acceptors (Lipinski definition) is 1. The molecule has 1 aliphatic rings. The van der Waals surface area contributed by atoms with Crippen molar-refractivity contribution in [2.45, 2.75) is 50.9 Å². The Morgan fingerprint density at radius 2 is 1.81 bits per heavy atom. The highest BCUT2D eigenvalue weighted by molar-refractivity contribution is 5.26. The Kier molecular flexibility index (Phi) is 4.41. The van der Waals surface area contributed by atoms with Crippen molar-refractivity contribution in [2.75, 3.05) is 6.61 Å². The zero-order valence-corrected chi connectivity index (χ0v) is 9.99. The van der Waals surface area contributed by atoms with Gasteiger partial charge in [0.2, 0.25) is 0 Å². The van der Waals surface area contributed by atoms with Gasteiger partial charge in [0.05, 0.1) is 0 Å². The van der Waals surface area contributed by atoms with Gasteiger partial charge in [0.25, 0.3) is 0 Å². The fourth-order valence-corrected chi connectivity index (χ4v) is 2.74. The van der Waals surface area contributed by atoms with E-state index in [0.29, 0.717) is 0 Å². The predicted octanol–water partition coefficient (Wildman–Crippen LogP) is 3.66. The van der Waals surface area contributed by atoms with Gasteiger partial charge >= 0.3 is 0 Å². The van der Waals surface area contributed by atoms with Gasteiger partial charge in [-0.15, -0.1) is 0 Å². The SMILES string of the molecule is OCCc1cccc(C2CCCCCC2)c1. The summed E-state index contributed by atoms with van der Waals surface area (Å²) in [5.74, 6) is 0.765. The van der Waals surface area contributed by atoms with E-state index in [1.54, 1.807) is 0 Å². The summed E-state index contributed by atoms with van der Waals surface area (Å²) in [6.45, 7) is 0.258. The third-order valence-corrected chi connectivity index (χ3v) is 3.68. The van der Waals surface area contributed by atoms with Gasteiger partial charge in [0.1, 0.15) is 0 Å². The second kappa shape index (κ2) is 6.05. The summed E-state index contributed by atoms with van der Waals surface area (Å²) in [6.07, 6.45) is 9.08. The van der Waals surface area contributed by atoms with E-state index in [0.717, 1.165) is 12.3 Å². The summed E-state index contributed by atoms with van der Waals surface area (Å²) in [5, 5.41) is 8.97. The first-order valence-corrected chi connectivity index (χ1v) is 6.60. The molecule has 0 radical (unpaired) electrons. The van der Waals surface area contributed by atoms with Crippen molar-refractivity contribution in [3.63, 3.8) is 0 Å². The summed E-state index contributed by atoms with van der Waals surface area (Å²) >= 11 is 0. The number of aliphatic hydroxyl groups excluding tert-OH is 1. The summed E-state index contributed by atoms with van der Waals surface area (Å²) < 4.78 is 0. The molecule has 0 heterocycles. The van der Waals surface area contributed by atoms with Crippen LogP contribution >= 0.6 is 0 Å². The van der Waals surface area contributed by atoms with E-state index in [1.807, 2.05) is 0 Å². The van der Waals surface area contributed by atoms with Crippen LogP contribution in [0.1, 0.15) is 55.6 Å². The lowest BCUT2D eigenvalue weighted by atomic mass is 9.90. The Bertz CT molecular complexity index is 311. The van der Waals surface area contributed by atoms with Crippen LogP contribution in [0, 0.1) is 0 Å². The number of benzene rings is 1. The first kappa shape index (κ1) is 11.7. The second-order valence-corrected chi connectivity index (χ2v) is 4.91. The van der Waals surface area contributed by atoms with Gasteiger partial charge in [-0.05, 0) is 36.3 Å². The van der Waals surface area contributed by atoms with Crippen molar-refractivity contribution in [3.05, 3.63) is 35.4 Å². The Balaban J connectivity index is 2.08. The number of hydrogen-bond donors (Lipinski definition) is 1. The van der Waals surface area contributed by atoms with E-state index in [-0.39, 0.29) is 6.61 Å². The zero-order valence-electron chi connectivity index (χ0n) is 9.99. The molecule has 0 atom stereocenters. The average molecular weight is 218 g/mol. The molecular formula is C15H22O. The van der Waals surface area contributed by atoms with Crippen molar-refractivity contribution in [3.8, 4) is 0 Å². The van der Waals surface area contributed by atoms with Crippen LogP contribution in [0.5, 0.6) is 0 Å². The third-order valence-electron chi connectivity index (χ3n) is 3.68. The van der Waals surface area contributed by atoms with E-state index >= 15 is 0 Å². The van der Waals surface area contributed by atoms with Crippen molar-refractivity contribution in [2.24, 2.45) is 0 Å². The van der Waals surface area contributed by atoms with Gasteiger partial charge in [-0.1, -0.05) is 49.9 Å². The van der Waals surface area contributed by atoms with E-state index in [9.17, 15) is 0 Å². The molecule has 1 aromatic rings. The van der Waals surface area contributed by atoms with Gasteiger partial charge in [0.15, 0.2) is 0 Å². The normalized spacial score (nSPS) is 18.3. The van der Waals surface area contributed by atoms with Gasteiger partial charge in [-0.25, -0.2) is 0 Å². The summed E-state index contributed by atoms with van der Waals surface area (Å²) in [7, 11) is 0. The summed E-state index contributed by atoms with van der Waals surface area (Å²) in [6, 6.07) is 8.82.